The summed E-state index contributed by atoms with van der Waals surface area (Å²) in [4.78, 5) is 20.7. The van der Waals surface area contributed by atoms with Gasteiger partial charge in [-0.3, -0.25) is 0 Å². The quantitative estimate of drug-likeness (QED) is 0.534. The van der Waals surface area contributed by atoms with Crippen LogP contribution < -0.4 is 9.79 Å². The van der Waals surface area contributed by atoms with E-state index in [9.17, 15) is 9.79 Å². The van der Waals surface area contributed by atoms with Crippen LogP contribution in [0.25, 0.3) is 0 Å². The largest absolute Gasteiger partial charge is 2.00 e. The van der Waals surface area contributed by atoms with Crippen LogP contribution in [-0.4, -0.2) is 5.75 Å². The summed E-state index contributed by atoms with van der Waals surface area (Å²) in [5.41, 5.74) is -3.47. The molecule has 0 amide bonds. The van der Waals surface area contributed by atoms with Crippen LogP contribution >= 0.6 is 17.1 Å². The smallest absolute Gasteiger partial charge is 0.825 e. The number of hydrogen-bond acceptors (Lipinski definition) is 4. The van der Waals surface area contributed by atoms with E-state index >= 15 is 0 Å². The molecule has 0 rings (SSSR count). The van der Waals surface area contributed by atoms with Gasteiger partial charge in [-0.15, -0.1) is 11.8 Å². The van der Waals surface area contributed by atoms with E-state index in [1.807, 2.05) is 13.8 Å². The molecule has 0 atom stereocenters. The Labute approximate surface area is 83.5 Å². The fourth-order valence-corrected chi connectivity index (χ4v) is 2.71. The second kappa shape index (κ2) is 6.10. The molecular formula is C4H9O2PS2Zn. The van der Waals surface area contributed by atoms with Gasteiger partial charge in [-0.05, 0) is 11.7 Å². The first-order valence-electron chi connectivity index (χ1n) is 2.58. The molecule has 0 aromatic rings. The predicted molar refractivity (Wildman–Crippen MR) is 41.6 cm³/mol. The molecule has 56 valence electrons. The van der Waals surface area contributed by atoms with Crippen LogP contribution in [0.2, 0.25) is 0 Å². The van der Waals surface area contributed by atoms with Crippen molar-refractivity contribution in [3.8, 4) is 0 Å². The van der Waals surface area contributed by atoms with E-state index in [1.54, 1.807) is 0 Å². The molecule has 0 aromatic carbocycles. The molecule has 0 aliphatic carbocycles. The van der Waals surface area contributed by atoms with Crippen molar-refractivity contribution >= 4 is 28.9 Å². The Morgan fingerprint density at radius 3 is 2.00 bits per heavy atom. The fourth-order valence-electron chi connectivity index (χ4n) is 0.240. The molecule has 0 aliphatic heterocycles. The normalized spacial score (nSPS) is 11.3. The molecule has 0 unspecified atom stereocenters. The van der Waals surface area contributed by atoms with Gasteiger partial charge in [0.2, 0.25) is 0 Å². The molecule has 6 heteroatoms. The van der Waals surface area contributed by atoms with Gasteiger partial charge in [0, 0.05) is 0 Å². The number of hydrogen-bond donors (Lipinski definition) is 0. The molecule has 0 heterocycles. The molecule has 0 spiro atoms. The first-order valence-corrected chi connectivity index (χ1v) is 6.81. The van der Waals surface area contributed by atoms with Gasteiger partial charge in [-0.25, -0.2) is 0 Å². The topological polar surface area (TPSA) is 46.1 Å². The molecule has 0 N–H and O–H groups in total. The van der Waals surface area contributed by atoms with Gasteiger partial charge < -0.3 is 9.79 Å². The Morgan fingerprint density at radius 2 is 1.90 bits per heavy atom. The van der Waals surface area contributed by atoms with Crippen LogP contribution in [0.3, 0.4) is 0 Å². The second-order valence-electron chi connectivity index (χ2n) is 2.14. The Morgan fingerprint density at radius 1 is 1.50 bits per heavy atom. The minimum atomic E-state index is -3.47. The zero-order chi connectivity index (χ0) is 7.49. The molecule has 0 saturated carbocycles. The summed E-state index contributed by atoms with van der Waals surface area (Å²) in [6, 6.07) is 0. The van der Waals surface area contributed by atoms with Gasteiger partial charge in [0.15, 0.2) is 0 Å². The Hall–Kier alpha value is 1.54. The predicted octanol–water partition coefficient (Wildman–Crippen LogP) is 0.318. The summed E-state index contributed by atoms with van der Waals surface area (Å²) in [7, 11) is 0. The van der Waals surface area contributed by atoms with Gasteiger partial charge in [0.1, 0.15) is 0 Å². The van der Waals surface area contributed by atoms with Crippen molar-refractivity contribution in [2.24, 2.45) is 5.92 Å². The molecular weight excluding hydrogens is 241 g/mol. The van der Waals surface area contributed by atoms with E-state index < -0.39 is 5.69 Å². The van der Waals surface area contributed by atoms with Crippen LogP contribution in [-0.2, 0) is 31.3 Å². The third kappa shape index (κ3) is 12.2. The fraction of sp³-hybridized carbons (Fsp3) is 1.00. The Balaban J connectivity index is 0. The first-order chi connectivity index (χ1) is 3.92. The minimum Gasteiger partial charge on any atom is -0.825 e. The molecule has 2 nitrogen and oxygen atoms in total. The summed E-state index contributed by atoms with van der Waals surface area (Å²) in [6.07, 6.45) is 0. The van der Waals surface area contributed by atoms with Crippen molar-refractivity contribution in [1.82, 2.24) is 0 Å². The van der Waals surface area contributed by atoms with E-state index in [4.69, 9.17) is 0 Å². The summed E-state index contributed by atoms with van der Waals surface area (Å²) in [5, 5.41) is 0. The van der Waals surface area contributed by atoms with Crippen LogP contribution in [0.1, 0.15) is 13.8 Å². The third-order valence-electron chi connectivity index (χ3n) is 0.566. The maximum atomic E-state index is 10.3. The van der Waals surface area contributed by atoms with Gasteiger partial charge in [0.05, 0.1) is 0 Å². The number of rotatable bonds is 3. The Bertz CT molecular complexity index is 124. The minimum absolute atomic E-state index is 0. The van der Waals surface area contributed by atoms with Crippen LogP contribution in [0, 0.1) is 5.92 Å². The van der Waals surface area contributed by atoms with Crippen LogP contribution in [0.15, 0.2) is 0 Å². The Kier molecular flexibility index (Phi) is 8.60. The molecule has 0 bridgehead atoms. The summed E-state index contributed by atoms with van der Waals surface area (Å²) in [6.45, 7) is 3.91. The SMILES string of the molecule is CC(C)CSP([O-])([O-])=S.[Zn+2]. The van der Waals surface area contributed by atoms with Crippen LogP contribution in [0.5, 0.6) is 0 Å². The second-order valence-corrected chi connectivity index (χ2v) is 7.98. The third-order valence-corrected chi connectivity index (χ3v) is 4.04. The van der Waals surface area contributed by atoms with E-state index in [1.165, 1.54) is 0 Å². The zero-order valence-corrected chi connectivity index (χ0v) is 11.6. The van der Waals surface area contributed by atoms with E-state index in [0.29, 0.717) is 11.7 Å². The van der Waals surface area contributed by atoms with Gasteiger partial charge in [0.25, 0.3) is 0 Å². The molecule has 0 radical (unpaired) electrons. The maximum Gasteiger partial charge on any atom is 2.00 e. The van der Waals surface area contributed by atoms with Gasteiger partial charge >= 0.3 is 19.5 Å². The van der Waals surface area contributed by atoms with E-state index in [2.05, 4.69) is 11.8 Å². The van der Waals surface area contributed by atoms with Crippen molar-refractivity contribution in [1.29, 1.82) is 0 Å². The van der Waals surface area contributed by atoms with E-state index in [-0.39, 0.29) is 19.5 Å². The van der Waals surface area contributed by atoms with E-state index in [0.717, 1.165) is 11.4 Å². The summed E-state index contributed by atoms with van der Waals surface area (Å²) >= 11 is 5.02. The average Bonchev–Trinajstić information content (AvgIpc) is 1.59. The summed E-state index contributed by atoms with van der Waals surface area (Å²) in [5.74, 6) is 0.991. The van der Waals surface area contributed by atoms with Crippen LogP contribution in [0.4, 0.5) is 0 Å². The average molecular weight is 250 g/mol. The monoisotopic (exact) mass is 248 g/mol. The molecule has 0 aliphatic rings. The van der Waals surface area contributed by atoms with Crippen molar-refractivity contribution < 1.29 is 29.3 Å². The molecule has 0 saturated heterocycles. The molecule has 10 heavy (non-hydrogen) atoms. The zero-order valence-electron chi connectivity index (χ0n) is 6.07. The van der Waals surface area contributed by atoms with Crippen molar-refractivity contribution in [3.63, 3.8) is 0 Å². The van der Waals surface area contributed by atoms with Crippen molar-refractivity contribution in [3.05, 3.63) is 0 Å². The van der Waals surface area contributed by atoms with Gasteiger partial charge in [-0.1, -0.05) is 13.8 Å². The first kappa shape index (κ1) is 14.1. The maximum absolute atomic E-state index is 10.3. The molecule has 0 fully saturated rings. The summed E-state index contributed by atoms with van der Waals surface area (Å²) < 4.78 is 0. The standard InChI is InChI=1S/C4H11O2PS2.Zn/c1-4(2)3-9-7(5,6)8;/h4H,3H2,1-2H3,(H2,5,6,8);/q;+2/p-2. The van der Waals surface area contributed by atoms with Crippen molar-refractivity contribution in [2.45, 2.75) is 13.8 Å². The molecule has 0 aromatic heterocycles. The van der Waals surface area contributed by atoms with Gasteiger partial charge in [-0.2, -0.15) is 17.1 Å². The van der Waals surface area contributed by atoms with Crippen molar-refractivity contribution in [2.75, 3.05) is 5.75 Å².